The fourth-order valence-electron chi connectivity index (χ4n) is 4.88. The lowest BCUT2D eigenvalue weighted by Gasteiger charge is -2.35. The Morgan fingerprint density at radius 1 is 0.969 bits per heavy atom. The zero-order valence-corrected chi connectivity index (χ0v) is 18.9. The Morgan fingerprint density at radius 2 is 1.75 bits per heavy atom. The molecule has 0 radical (unpaired) electrons. The molecule has 1 saturated heterocycles. The van der Waals surface area contributed by atoms with E-state index in [0.717, 1.165) is 24.3 Å². The smallest absolute Gasteiger partial charge is 0.257 e. The summed E-state index contributed by atoms with van der Waals surface area (Å²) in [4.78, 5) is 0. The summed E-state index contributed by atoms with van der Waals surface area (Å²) >= 11 is 5.02. The summed E-state index contributed by atoms with van der Waals surface area (Å²) in [5.41, 5.74) is 5.46. The Morgan fingerprint density at radius 3 is 2.47 bits per heavy atom. The van der Waals surface area contributed by atoms with E-state index in [0.29, 0.717) is 30.2 Å². The lowest BCUT2D eigenvalue weighted by Crippen LogP contribution is -2.22. The van der Waals surface area contributed by atoms with E-state index in [1.807, 2.05) is 0 Å². The molecular formula is C27H27NO3S. The minimum absolute atomic E-state index is 0.0372. The van der Waals surface area contributed by atoms with Crippen molar-refractivity contribution in [1.29, 1.82) is 0 Å². The third-order valence-corrected chi connectivity index (χ3v) is 6.70. The molecule has 0 bridgehead atoms. The number of thiocarbonyl (C=S) groups is 1. The van der Waals surface area contributed by atoms with Crippen molar-refractivity contribution in [1.82, 2.24) is 5.32 Å². The zero-order valence-electron chi connectivity index (χ0n) is 18.1. The number of aryl methyl sites for hydroxylation is 1. The van der Waals surface area contributed by atoms with Crippen LogP contribution in [-0.4, -0.2) is 31.5 Å². The summed E-state index contributed by atoms with van der Waals surface area (Å²) in [6.45, 7) is 1.17. The van der Waals surface area contributed by atoms with Crippen LogP contribution in [0.3, 0.4) is 0 Å². The summed E-state index contributed by atoms with van der Waals surface area (Å²) in [5, 5.41) is 3.47. The molecule has 1 aliphatic carbocycles. The Kier molecular flexibility index (Phi) is 5.99. The highest BCUT2D eigenvalue weighted by atomic mass is 32.1. The highest BCUT2D eigenvalue weighted by Crippen LogP contribution is 2.47. The molecule has 4 nitrogen and oxygen atoms in total. The molecule has 0 spiro atoms. The SMILES string of the molecule is COc1ccc2c(c1)CCC(c1ccccc1)C2c1ccc(OCC2CNC(=S)O2)cc1. The molecule has 32 heavy (non-hydrogen) atoms. The Balaban J connectivity index is 1.42. The first-order chi connectivity index (χ1) is 15.7. The van der Waals surface area contributed by atoms with Gasteiger partial charge in [-0.2, -0.15) is 0 Å². The molecule has 0 aromatic heterocycles. The van der Waals surface area contributed by atoms with Crippen LogP contribution in [0.1, 0.15) is 40.5 Å². The van der Waals surface area contributed by atoms with Gasteiger partial charge in [-0.05, 0) is 77.5 Å². The van der Waals surface area contributed by atoms with Gasteiger partial charge in [0.1, 0.15) is 18.1 Å². The molecule has 1 aliphatic heterocycles. The predicted octanol–water partition coefficient (Wildman–Crippen LogP) is 5.21. The van der Waals surface area contributed by atoms with E-state index in [1.54, 1.807) is 7.11 Å². The van der Waals surface area contributed by atoms with Crippen LogP contribution in [0.4, 0.5) is 0 Å². The van der Waals surface area contributed by atoms with Crippen molar-refractivity contribution in [3.05, 3.63) is 95.1 Å². The Hall–Kier alpha value is -3.05. The van der Waals surface area contributed by atoms with Crippen LogP contribution in [0.15, 0.2) is 72.8 Å². The number of methoxy groups -OCH3 is 1. The molecule has 5 rings (SSSR count). The minimum Gasteiger partial charge on any atom is -0.497 e. The van der Waals surface area contributed by atoms with Gasteiger partial charge in [0.05, 0.1) is 13.7 Å². The van der Waals surface area contributed by atoms with E-state index < -0.39 is 0 Å². The lowest BCUT2D eigenvalue weighted by molar-refractivity contribution is 0.150. The molecule has 3 unspecified atom stereocenters. The van der Waals surface area contributed by atoms with E-state index in [4.69, 9.17) is 26.4 Å². The van der Waals surface area contributed by atoms with Crippen LogP contribution in [0.25, 0.3) is 0 Å². The molecule has 3 aromatic rings. The van der Waals surface area contributed by atoms with Gasteiger partial charge in [0.15, 0.2) is 6.10 Å². The number of hydrogen-bond donors (Lipinski definition) is 1. The van der Waals surface area contributed by atoms with Gasteiger partial charge >= 0.3 is 0 Å². The topological polar surface area (TPSA) is 39.7 Å². The van der Waals surface area contributed by atoms with Gasteiger partial charge in [-0.1, -0.05) is 48.5 Å². The zero-order chi connectivity index (χ0) is 21.9. The summed E-state index contributed by atoms with van der Waals surface area (Å²) in [6, 6.07) is 25.9. The number of ether oxygens (including phenoxy) is 3. The van der Waals surface area contributed by atoms with Crippen molar-refractivity contribution >= 4 is 17.4 Å². The average Bonchev–Trinajstić information content (AvgIpc) is 3.27. The molecule has 2 aliphatic rings. The quantitative estimate of drug-likeness (QED) is 0.528. The Bertz CT molecular complexity index is 1080. The van der Waals surface area contributed by atoms with Gasteiger partial charge in [-0.25, -0.2) is 0 Å². The van der Waals surface area contributed by atoms with E-state index in [1.165, 1.54) is 22.3 Å². The van der Waals surface area contributed by atoms with E-state index in [-0.39, 0.29) is 6.10 Å². The van der Waals surface area contributed by atoms with Crippen molar-refractivity contribution in [3.8, 4) is 11.5 Å². The molecule has 3 aromatic carbocycles. The van der Waals surface area contributed by atoms with Gasteiger partial charge in [0.2, 0.25) is 0 Å². The van der Waals surface area contributed by atoms with Gasteiger partial charge < -0.3 is 19.5 Å². The van der Waals surface area contributed by atoms with Crippen LogP contribution in [-0.2, 0) is 11.2 Å². The van der Waals surface area contributed by atoms with Crippen molar-refractivity contribution in [2.24, 2.45) is 0 Å². The number of rotatable bonds is 6. The third-order valence-electron chi connectivity index (χ3n) is 6.46. The maximum absolute atomic E-state index is 5.95. The highest BCUT2D eigenvalue weighted by Gasteiger charge is 2.32. The monoisotopic (exact) mass is 445 g/mol. The van der Waals surface area contributed by atoms with Crippen LogP contribution in [0, 0.1) is 0 Å². The molecule has 1 heterocycles. The number of fused-ring (bicyclic) bond motifs is 1. The Labute approximate surface area is 194 Å². The standard InChI is InChI=1S/C27H27NO3S/c1-29-22-12-14-25-20(15-22)9-13-24(18-5-3-2-4-6-18)26(25)19-7-10-21(11-8-19)30-17-23-16-28-27(32)31-23/h2-8,10-12,14-15,23-24,26H,9,13,16-17H2,1H3,(H,28,32). The molecule has 5 heteroatoms. The van der Waals surface area contributed by atoms with E-state index in [9.17, 15) is 0 Å². The van der Waals surface area contributed by atoms with Crippen molar-refractivity contribution in [3.63, 3.8) is 0 Å². The molecular weight excluding hydrogens is 418 g/mol. The van der Waals surface area contributed by atoms with Crippen LogP contribution >= 0.6 is 12.2 Å². The van der Waals surface area contributed by atoms with Gasteiger partial charge in [0, 0.05) is 5.92 Å². The largest absolute Gasteiger partial charge is 0.497 e. The number of nitrogens with one attached hydrogen (secondary N) is 1. The first-order valence-corrected chi connectivity index (χ1v) is 11.5. The molecule has 164 valence electrons. The number of hydrogen-bond acceptors (Lipinski definition) is 4. The summed E-state index contributed by atoms with van der Waals surface area (Å²) in [6.07, 6.45) is 2.13. The minimum atomic E-state index is -0.0372. The van der Waals surface area contributed by atoms with Crippen molar-refractivity contribution in [2.45, 2.75) is 30.8 Å². The predicted molar refractivity (Wildman–Crippen MR) is 130 cm³/mol. The normalized spacial score (nSPS) is 21.9. The molecule has 0 amide bonds. The maximum Gasteiger partial charge on any atom is 0.257 e. The fraction of sp³-hybridized carbons (Fsp3) is 0.296. The van der Waals surface area contributed by atoms with Crippen molar-refractivity contribution in [2.75, 3.05) is 20.3 Å². The van der Waals surface area contributed by atoms with E-state index >= 15 is 0 Å². The first kappa shape index (κ1) is 20.8. The van der Waals surface area contributed by atoms with Gasteiger partial charge in [-0.15, -0.1) is 0 Å². The number of benzene rings is 3. The van der Waals surface area contributed by atoms with Crippen LogP contribution < -0.4 is 14.8 Å². The summed E-state index contributed by atoms with van der Waals surface area (Å²) < 4.78 is 16.9. The third kappa shape index (κ3) is 4.30. The summed E-state index contributed by atoms with van der Waals surface area (Å²) in [7, 11) is 1.73. The fourth-order valence-corrected chi connectivity index (χ4v) is 5.10. The van der Waals surface area contributed by atoms with Crippen LogP contribution in [0.2, 0.25) is 0 Å². The molecule has 1 fully saturated rings. The van der Waals surface area contributed by atoms with Gasteiger partial charge in [-0.3, -0.25) is 0 Å². The second-order valence-corrected chi connectivity index (χ2v) is 8.76. The molecule has 3 atom stereocenters. The molecule has 0 saturated carbocycles. The average molecular weight is 446 g/mol. The van der Waals surface area contributed by atoms with Gasteiger partial charge in [0.25, 0.3) is 5.17 Å². The summed E-state index contributed by atoms with van der Waals surface area (Å²) in [5.74, 6) is 2.49. The van der Waals surface area contributed by atoms with E-state index in [2.05, 4.69) is 78.1 Å². The van der Waals surface area contributed by atoms with Crippen molar-refractivity contribution < 1.29 is 14.2 Å². The second-order valence-electron chi connectivity index (χ2n) is 8.39. The molecule has 1 N–H and O–H groups in total. The van der Waals surface area contributed by atoms with Crippen LogP contribution in [0.5, 0.6) is 11.5 Å². The second kappa shape index (κ2) is 9.21. The lowest BCUT2D eigenvalue weighted by atomic mass is 9.69. The maximum atomic E-state index is 5.95. The highest BCUT2D eigenvalue weighted by molar-refractivity contribution is 7.80. The first-order valence-electron chi connectivity index (χ1n) is 11.1.